The highest BCUT2D eigenvalue weighted by Gasteiger charge is 2.46. The van der Waals surface area contributed by atoms with Crippen LogP contribution in [0.25, 0.3) is 22.3 Å². The van der Waals surface area contributed by atoms with Crippen LogP contribution in [0.4, 0.5) is 0 Å². The molecule has 51 heavy (non-hydrogen) atoms. The van der Waals surface area contributed by atoms with Crippen molar-refractivity contribution in [3.63, 3.8) is 0 Å². The van der Waals surface area contributed by atoms with Crippen molar-refractivity contribution in [2.45, 2.75) is 37.8 Å². The van der Waals surface area contributed by atoms with Gasteiger partial charge in [0.15, 0.2) is 18.2 Å². The molecule has 2 aromatic heterocycles. The Morgan fingerprint density at radius 1 is 0.980 bits per heavy atom. The molecular formula is C38H39N7O4S2. The zero-order chi connectivity index (χ0) is 37.1. The van der Waals surface area contributed by atoms with E-state index in [1.54, 1.807) is 56.8 Å². The van der Waals surface area contributed by atoms with Crippen molar-refractivity contribution in [1.82, 2.24) is 9.80 Å². The predicted molar refractivity (Wildman–Crippen MR) is 203 cm³/mol. The lowest BCUT2D eigenvalue weighted by Crippen LogP contribution is -2.53. The Morgan fingerprint density at radius 2 is 1.67 bits per heavy atom. The predicted octanol–water partition coefficient (Wildman–Crippen LogP) is 6.11. The molecule has 4 aromatic rings. The molecule has 0 spiro atoms. The van der Waals surface area contributed by atoms with Gasteiger partial charge in [0.2, 0.25) is 11.8 Å². The normalized spacial score (nSPS) is 21.5. The summed E-state index contributed by atoms with van der Waals surface area (Å²) in [7, 11) is 4.85. The number of thiophene rings is 2. The third-order valence-electron chi connectivity index (χ3n) is 9.23. The number of allylic oxidation sites excluding steroid dienone is 1. The van der Waals surface area contributed by atoms with E-state index in [4.69, 9.17) is 21.5 Å². The Hall–Kier alpha value is -5.58. The average molecular weight is 722 g/mol. The van der Waals surface area contributed by atoms with Crippen molar-refractivity contribution in [3.05, 3.63) is 98.9 Å². The molecule has 2 amide bonds. The molecule has 0 saturated carbocycles. The number of aliphatic imine (C=N–C) groups is 2. The first-order chi connectivity index (χ1) is 24.3. The van der Waals surface area contributed by atoms with Gasteiger partial charge >= 0.3 is 0 Å². The zero-order valence-corrected chi connectivity index (χ0v) is 30.7. The van der Waals surface area contributed by atoms with E-state index in [0.29, 0.717) is 23.3 Å². The largest absolute Gasteiger partial charge is 0.497 e. The summed E-state index contributed by atoms with van der Waals surface area (Å²) >= 11 is 3.05. The molecule has 0 unspecified atom stereocenters. The Bertz CT molecular complexity index is 2110. The van der Waals surface area contributed by atoms with Crippen molar-refractivity contribution in [3.8, 4) is 34.1 Å². The number of carbonyl (C=O) groups excluding carboxylic acids is 3. The van der Waals surface area contributed by atoms with Crippen molar-refractivity contribution in [2.24, 2.45) is 27.4 Å². The molecule has 2 aliphatic heterocycles. The molecule has 0 saturated heterocycles. The Morgan fingerprint density at radius 3 is 2.33 bits per heavy atom. The molecule has 4 heterocycles. The van der Waals surface area contributed by atoms with E-state index in [-0.39, 0.29) is 36.1 Å². The molecule has 262 valence electrons. The Labute approximate surface area is 305 Å². The smallest absolute Gasteiger partial charge is 0.235 e. The summed E-state index contributed by atoms with van der Waals surface area (Å²) in [5.74, 6) is 0.634. The van der Waals surface area contributed by atoms with E-state index in [0.717, 1.165) is 38.3 Å². The van der Waals surface area contributed by atoms with Crippen molar-refractivity contribution < 1.29 is 19.1 Å². The Kier molecular flexibility index (Phi) is 10.6. The lowest BCUT2D eigenvalue weighted by atomic mass is 9.80. The van der Waals surface area contributed by atoms with Crippen LogP contribution in [0, 0.1) is 17.2 Å². The average Bonchev–Trinajstić information content (AvgIpc) is 3.84. The fourth-order valence-electron chi connectivity index (χ4n) is 6.05. The summed E-state index contributed by atoms with van der Waals surface area (Å²) in [5.41, 5.74) is 15.3. The van der Waals surface area contributed by atoms with Crippen molar-refractivity contribution in [1.29, 1.82) is 5.26 Å². The molecule has 4 N–H and O–H groups in total. The van der Waals surface area contributed by atoms with E-state index >= 15 is 0 Å². The number of carbonyl (C=O) groups is 3. The van der Waals surface area contributed by atoms with Crippen molar-refractivity contribution in [2.75, 3.05) is 21.2 Å². The number of methoxy groups -OCH3 is 1. The van der Waals surface area contributed by atoms with E-state index in [9.17, 15) is 14.4 Å². The first-order valence-corrected chi connectivity index (χ1v) is 17.7. The summed E-state index contributed by atoms with van der Waals surface area (Å²) in [6.07, 6.45) is 3.34. The molecular weight excluding hydrogens is 683 g/mol. The van der Waals surface area contributed by atoms with Gasteiger partial charge in [0, 0.05) is 29.4 Å². The SMILES string of the molecule is C=CC[C@H]1C(=O)N(C)C(N)=N[C@]1(C)c1cc(-c2cccc(C#N)c2)cs1.COc1ccc(C=O)c(-c2csc([C@]3(C)CC(=O)N(C)C(N)=N3)c2)c1. The molecule has 3 atom stereocenters. The number of nitrogens with zero attached hydrogens (tertiary/aromatic N) is 5. The lowest BCUT2D eigenvalue weighted by molar-refractivity contribution is -0.134. The minimum atomic E-state index is -0.738. The third-order valence-corrected chi connectivity index (χ3v) is 11.6. The first kappa shape index (κ1) is 36.7. The molecule has 0 fully saturated rings. The van der Waals surface area contributed by atoms with Gasteiger partial charge in [-0.2, -0.15) is 5.26 Å². The molecule has 2 aromatic carbocycles. The Balaban J connectivity index is 0.000000198. The zero-order valence-electron chi connectivity index (χ0n) is 29.0. The molecule has 6 rings (SSSR count). The van der Waals surface area contributed by atoms with Gasteiger partial charge in [-0.25, -0.2) is 9.98 Å². The molecule has 2 aliphatic rings. The third kappa shape index (κ3) is 7.19. The second-order valence-corrected chi connectivity index (χ2v) is 14.5. The van der Waals surface area contributed by atoms with Gasteiger partial charge in [0.1, 0.15) is 16.8 Å². The number of benzene rings is 2. The van der Waals surface area contributed by atoms with Crippen LogP contribution in [0.2, 0.25) is 0 Å². The number of ether oxygens (including phenoxy) is 1. The van der Waals surface area contributed by atoms with Crippen LogP contribution in [0.15, 0.2) is 88.0 Å². The highest BCUT2D eigenvalue weighted by molar-refractivity contribution is 7.10. The maximum atomic E-state index is 12.8. The second-order valence-electron chi connectivity index (χ2n) is 12.6. The van der Waals surface area contributed by atoms with E-state index in [1.165, 1.54) is 21.1 Å². The summed E-state index contributed by atoms with van der Waals surface area (Å²) < 4.78 is 5.26. The molecule has 0 bridgehead atoms. The van der Waals surface area contributed by atoms with Crippen LogP contribution in [0.5, 0.6) is 5.75 Å². The highest BCUT2D eigenvalue weighted by atomic mass is 32.1. The van der Waals surface area contributed by atoms with Gasteiger partial charge in [0.25, 0.3) is 0 Å². The topological polar surface area (TPSA) is 167 Å². The van der Waals surface area contributed by atoms with E-state index < -0.39 is 11.1 Å². The van der Waals surface area contributed by atoms with Gasteiger partial charge in [0.05, 0.1) is 31.1 Å². The number of aldehydes is 1. The van der Waals surface area contributed by atoms with Crippen LogP contribution in [-0.2, 0) is 20.7 Å². The van der Waals surface area contributed by atoms with Gasteiger partial charge in [-0.3, -0.25) is 24.2 Å². The molecule has 13 heteroatoms. The number of hydrogen-bond donors (Lipinski definition) is 2. The van der Waals surface area contributed by atoms with Gasteiger partial charge < -0.3 is 16.2 Å². The van der Waals surface area contributed by atoms with Crippen LogP contribution in [0.3, 0.4) is 0 Å². The summed E-state index contributed by atoms with van der Waals surface area (Å²) in [5, 5.41) is 13.1. The maximum Gasteiger partial charge on any atom is 0.235 e. The minimum absolute atomic E-state index is 0.0543. The molecule has 0 radical (unpaired) electrons. The minimum Gasteiger partial charge on any atom is -0.497 e. The number of rotatable bonds is 8. The van der Waals surface area contributed by atoms with Crippen molar-refractivity contribution >= 4 is 52.7 Å². The maximum absolute atomic E-state index is 12.8. The number of guanidine groups is 2. The standard InChI is InChI=1S/C20H20N4OS.C18H19N3O3S/c1-4-6-16-18(25)24(3)19(22)23-20(16,2)17-10-15(12-26-17)14-8-5-7-13(9-14)11-21;1-18(8-16(23)21(2)17(19)20-18)15-6-12(10-25-15)14-7-13(24-3)5-4-11(14)9-22/h4-5,7-10,12,16H,1,6H2,2-3H3,(H2,22,23);4-7,9-10H,8H2,1-3H3,(H2,19,20)/t16-,20-;18-/m00/s1. The summed E-state index contributed by atoms with van der Waals surface area (Å²) in [6, 6.07) is 18.9. The quantitative estimate of drug-likeness (QED) is 0.164. The van der Waals surface area contributed by atoms with Gasteiger partial charge in [-0.05, 0) is 95.7 Å². The summed E-state index contributed by atoms with van der Waals surface area (Å²) in [4.78, 5) is 50.1. The number of nitriles is 1. The van der Waals surface area contributed by atoms with Crippen LogP contribution < -0.4 is 16.2 Å². The van der Waals surface area contributed by atoms with Crippen LogP contribution in [0.1, 0.15) is 52.4 Å². The fraction of sp³-hybridized carbons (Fsp3) is 0.263. The number of amides is 2. The number of hydrogen-bond acceptors (Lipinski definition) is 11. The molecule has 11 nitrogen and oxygen atoms in total. The fourth-order valence-corrected chi connectivity index (χ4v) is 8.14. The number of nitrogens with two attached hydrogens (primary N) is 2. The second kappa shape index (κ2) is 14.7. The monoisotopic (exact) mass is 721 g/mol. The van der Waals surface area contributed by atoms with Gasteiger partial charge in [-0.1, -0.05) is 18.2 Å². The lowest BCUT2D eigenvalue weighted by Gasteiger charge is -2.39. The van der Waals surface area contributed by atoms with E-state index in [2.05, 4.69) is 22.6 Å². The van der Waals surface area contributed by atoms with E-state index in [1.807, 2.05) is 61.0 Å². The van der Waals surface area contributed by atoms with Crippen LogP contribution in [-0.4, -0.2) is 61.0 Å². The van der Waals surface area contributed by atoms with Gasteiger partial charge in [-0.15, -0.1) is 29.3 Å². The first-order valence-electron chi connectivity index (χ1n) is 16.0. The molecule has 0 aliphatic carbocycles. The van der Waals surface area contributed by atoms with Crippen LogP contribution >= 0.6 is 22.7 Å². The highest BCUT2D eigenvalue weighted by Crippen LogP contribution is 2.44. The summed E-state index contributed by atoms with van der Waals surface area (Å²) in [6.45, 7) is 7.63.